The van der Waals surface area contributed by atoms with Crippen molar-refractivity contribution in [3.8, 4) is 0 Å². The van der Waals surface area contributed by atoms with Crippen molar-refractivity contribution >= 4 is 5.82 Å². The Hall–Kier alpha value is -1.88. The highest BCUT2D eigenvalue weighted by Crippen LogP contribution is 2.38. The Bertz CT molecular complexity index is 554. The molecule has 18 heavy (non-hydrogen) atoms. The number of aliphatic hydroxyl groups excluding tert-OH is 1. The molecule has 0 spiro atoms. The van der Waals surface area contributed by atoms with Gasteiger partial charge in [0.2, 0.25) is 0 Å². The average molecular weight is 244 g/mol. The molecule has 3 N–H and O–H groups in total. The summed E-state index contributed by atoms with van der Waals surface area (Å²) in [4.78, 5) is 8.18. The van der Waals surface area contributed by atoms with Crippen molar-refractivity contribution in [1.29, 1.82) is 0 Å². The van der Waals surface area contributed by atoms with Crippen molar-refractivity contribution in [3.63, 3.8) is 0 Å². The molecular weight excluding hydrogens is 228 g/mol. The molecule has 3 rings (SSSR count). The number of pyridine rings is 1. The average Bonchev–Trinajstić information content (AvgIpc) is 3.06. The van der Waals surface area contributed by atoms with Crippen molar-refractivity contribution in [2.75, 3.05) is 5.73 Å². The number of anilines is 1. The first kappa shape index (κ1) is 11.2. The molecule has 0 aliphatic heterocycles. The van der Waals surface area contributed by atoms with E-state index in [1.807, 2.05) is 17.6 Å². The summed E-state index contributed by atoms with van der Waals surface area (Å²) in [6, 6.07) is 2.34. The number of nitrogens with zero attached hydrogens (tertiary/aromatic N) is 3. The number of hydrogen-bond acceptors (Lipinski definition) is 4. The van der Waals surface area contributed by atoms with Gasteiger partial charge in [0.05, 0.1) is 18.2 Å². The Morgan fingerprint density at radius 1 is 1.50 bits per heavy atom. The molecule has 5 heteroatoms. The molecule has 0 saturated heterocycles. The summed E-state index contributed by atoms with van der Waals surface area (Å²) in [5.74, 6) is 0.381. The fourth-order valence-corrected chi connectivity index (χ4v) is 2.28. The minimum atomic E-state index is -0.762. The summed E-state index contributed by atoms with van der Waals surface area (Å²) in [6.45, 7) is 1.93. The Balaban J connectivity index is 2.03. The lowest BCUT2D eigenvalue weighted by atomic mass is 10.0. The van der Waals surface area contributed by atoms with Crippen LogP contribution in [0.2, 0.25) is 0 Å². The third kappa shape index (κ3) is 1.76. The molecule has 5 nitrogen and oxygen atoms in total. The predicted octanol–water partition coefficient (Wildman–Crippen LogP) is 1.59. The van der Waals surface area contributed by atoms with Gasteiger partial charge in [-0.1, -0.05) is 0 Å². The van der Waals surface area contributed by atoms with Gasteiger partial charge in [-0.3, -0.25) is 0 Å². The highest BCUT2D eigenvalue weighted by Gasteiger charge is 2.29. The monoisotopic (exact) mass is 244 g/mol. The molecule has 2 heterocycles. The summed E-state index contributed by atoms with van der Waals surface area (Å²) in [6.07, 6.45) is 6.67. The van der Waals surface area contributed by atoms with E-state index in [0.717, 1.165) is 24.1 Å². The van der Waals surface area contributed by atoms with Crippen molar-refractivity contribution in [1.82, 2.24) is 14.5 Å². The van der Waals surface area contributed by atoms with Crippen molar-refractivity contribution in [2.45, 2.75) is 31.9 Å². The van der Waals surface area contributed by atoms with Gasteiger partial charge in [-0.15, -0.1) is 0 Å². The fourth-order valence-electron chi connectivity index (χ4n) is 2.28. The zero-order valence-corrected chi connectivity index (χ0v) is 10.2. The smallest absolute Gasteiger partial charge is 0.129 e. The van der Waals surface area contributed by atoms with Gasteiger partial charge >= 0.3 is 0 Å². The second-order valence-electron chi connectivity index (χ2n) is 4.79. The van der Waals surface area contributed by atoms with Gasteiger partial charge in [-0.05, 0) is 31.4 Å². The first-order valence-electron chi connectivity index (χ1n) is 6.09. The van der Waals surface area contributed by atoms with Gasteiger partial charge < -0.3 is 15.4 Å². The Morgan fingerprint density at radius 2 is 2.28 bits per heavy atom. The van der Waals surface area contributed by atoms with Gasteiger partial charge in [0.15, 0.2) is 0 Å². The zero-order valence-electron chi connectivity index (χ0n) is 10.2. The van der Waals surface area contributed by atoms with E-state index in [1.165, 1.54) is 0 Å². The van der Waals surface area contributed by atoms with Gasteiger partial charge in [0.25, 0.3) is 0 Å². The quantitative estimate of drug-likeness (QED) is 0.859. The number of imidazole rings is 1. The first-order chi connectivity index (χ1) is 8.68. The number of nitrogen functional groups attached to an aromatic ring is 1. The van der Waals surface area contributed by atoms with E-state index in [1.54, 1.807) is 18.7 Å². The van der Waals surface area contributed by atoms with Crippen molar-refractivity contribution in [2.24, 2.45) is 0 Å². The van der Waals surface area contributed by atoms with E-state index in [0.29, 0.717) is 17.4 Å². The van der Waals surface area contributed by atoms with E-state index >= 15 is 0 Å². The van der Waals surface area contributed by atoms with Crippen LogP contribution in [0, 0.1) is 6.92 Å². The van der Waals surface area contributed by atoms with Crippen LogP contribution in [-0.4, -0.2) is 19.6 Å². The third-order valence-electron chi connectivity index (χ3n) is 3.43. The normalized spacial score (nSPS) is 16.8. The van der Waals surface area contributed by atoms with Crippen LogP contribution in [0.1, 0.15) is 41.8 Å². The van der Waals surface area contributed by atoms with Gasteiger partial charge in [0.1, 0.15) is 11.9 Å². The Labute approximate surface area is 105 Å². The molecule has 0 amide bonds. The molecule has 94 valence electrons. The Kier molecular flexibility index (Phi) is 2.56. The maximum Gasteiger partial charge on any atom is 0.129 e. The number of aliphatic hydroxyl groups is 1. The van der Waals surface area contributed by atoms with E-state index in [9.17, 15) is 5.11 Å². The lowest BCUT2D eigenvalue weighted by Gasteiger charge is -2.17. The molecule has 1 atom stereocenters. The molecule has 1 saturated carbocycles. The number of rotatable bonds is 3. The summed E-state index contributed by atoms with van der Waals surface area (Å²) >= 11 is 0. The third-order valence-corrected chi connectivity index (χ3v) is 3.43. The molecule has 1 aliphatic rings. The molecule has 1 fully saturated rings. The molecule has 0 bridgehead atoms. The van der Waals surface area contributed by atoms with Crippen LogP contribution in [0.15, 0.2) is 24.8 Å². The molecule has 0 radical (unpaired) electrons. The largest absolute Gasteiger partial charge is 0.383 e. The Morgan fingerprint density at radius 3 is 2.94 bits per heavy atom. The fraction of sp³-hybridized carbons (Fsp3) is 0.385. The zero-order chi connectivity index (χ0) is 12.7. The second-order valence-corrected chi connectivity index (χ2v) is 4.79. The minimum absolute atomic E-state index is 0.381. The van der Waals surface area contributed by atoms with Crippen LogP contribution < -0.4 is 5.73 Å². The summed E-state index contributed by atoms with van der Waals surface area (Å²) in [7, 11) is 0. The van der Waals surface area contributed by atoms with Crippen LogP contribution in [0.5, 0.6) is 0 Å². The van der Waals surface area contributed by atoms with E-state index in [4.69, 9.17) is 5.73 Å². The van der Waals surface area contributed by atoms with Crippen LogP contribution >= 0.6 is 0 Å². The van der Waals surface area contributed by atoms with Crippen molar-refractivity contribution in [3.05, 3.63) is 41.6 Å². The maximum atomic E-state index is 10.5. The number of hydrogen-bond donors (Lipinski definition) is 2. The number of aromatic nitrogens is 3. The molecule has 0 aromatic carbocycles. The van der Waals surface area contributed by atoms with Crippen LogP contribution in [-0.2, 0) is 0 Å². The van der Waals surface area contributed by atoms with Crippen LogP contribution in [0.4, 0.5) is 5.82 Å². The lowest BCUT2D eigenvalue weighted by molar-refractivity contribution is 0.209. The maximum absolute atomic E-state index is 10.5. The first-order valence-corrected chi connectivity index (χ1v) is 6.09. The molecular formula is C13H16N4O. The predicted molar refractivity (Wildman–Crippen MR) is 67.9 cm³/mol. The number of aryl methyl sites for hydroxylation is 1. The van der Waals surface area contributed by atoms with Gasteiger partial charge in [-0.2, -0.15) is 0 Å². The highest BCUT2D eigenvalue weighted by atomic mass is 16.3. The SMILES string of the molecule is Cc1ccnc(N)c1C(O)c1cncn1C1CC1. The minimum Gasteiger partial charge on any atom is -0.383 e. The topological polar surface area (TPSA) is 77.0 Å². The van der Waals surface area contributed by atoms with Crippen LogP contribution in [0.25, 0.3) is 0 Å². The summed E-state index contributed by atoms with van der Waals surface area (Å²) < 4.78 is 2.04. The van der Waals surface area contributed by atoms with E-state index < -0.39 is 6.10 Å². The van der Waals surface area contributed by atoms with Gasteiger partial charge in [0, 0.05) is 17.8 Å². The molecule has 1 aliphatic carbocycles. The summed E-state index contributed by atoms with van der Waals surface area (Å²) in [5.41, 5.74) is 8.28. The summed E-state index contributed by atoms with van der Waals surface area (Å²) in [5, 5.41) is 10.5. The molecule has 1 unspecified atom stereocenters. The van der Waals surface area contributed by atoms with Gasteiger partial charge in [-0.25, -0.2) is 9.97 Å². The number of nitrogens with two attached hydrogens (primary N) is 1. The lowest BCUT2D eigenvalue weighted by Crippen LogP contribution is -2.11. The van der Waals surface area contributed by atoms with E-state index in [2.05, 4.69) is 9.97 Å². The molecule has 2 aromatic rings. The highest BCUT2D eigenvalue weighted by molar-refractivity contribution is 5.47. The molecule has 2 aromatic heterocycles. The van der Waals surface area contributed by atoms with Crippen molar-refractivity contribution < 1.29 is 5.11 Å². The van der Waals surface area contributed by atoms with E-state index in [-0.39, 0.29) is 0 Å². The standard InChI is InChI=1S/C13H16N4O/c1-8-4-5-16-13(14)11(8)12(18)10-6-15-7-17(10)9-2-3-9/h4-7,9,12,18H,2-3H2,1H3,(H2,14,16). The second kappa shape index (κ2) is 4.10. The van der Waals surface area contributed by atoms with Crippen LogP contribution in [0.3, 0.4) is 0 Å².